The molecule has 0 radical (unpaired) electrons. The van der Waals surface area contributed by atoms with Crippen LogP contribution in [-0.2, 0) is 11.2 Å². The third kappa shape index (κ3) is 0.998. The van der Waals surface area contributed by atoms with Gasteiger partial charge in [-0.05, 0) is 29.9 Å². The highest BCUT2D eigenvalue weighted by molar-refractivity contribution is 5.84. The number of hydrogen-bond donors (Lipinski definition) is 1. The summed E-state index contributed by atoms with van der Waals surface area (Å²) >= 11 is 0. The van der Waals surface area contributed by atoms with Crippen molar-refractivity contribution in [1.82, 2.24) is 0 Å². The predicted octanol–water partition coefficient (Wildman–Crippen LogP) is 2.83. The van der Waals surface area contributed by atoms with Gasteiger partial charge in [0.1, 0.15) is 0 Å². The average molecular weight is 216 g/mol. The summed E-state index contributed by atoms with van der Waals surface area (Å²) in [5, 5.41) is 9.48. The van der Waals surface area contributed by atoms with Crippen LogP contribution < -0.4 is 0 Å². The standard InChI is InChI=1S/C14H16O2/c1-2-5-11-12-10-7-4-3-6-9(10)8-14(11,12)13(15)16/h3-4,6-7,11-12H,2,5,8H2,1H3,(H,15,16). The van der Waals surface area contributed by atoms with Crippen LogP contribution in [0, 0.1) is 11.3 Å². The minimum absolute atomic E-state index is 0.293. The van der Waals surface area contributed by atoms with Gasteiger partial charge in [0, 0.05) is 5.92 Å². The molecule has 3 unspecified atom stereocenters. The molecule has 3 atom stereocenters. The Kier molecular flexibility index (Phi) is 1.91. The highest BCUT2D eigenvalue weighted by Gasteiger charge is 2.72. The molecule has 0 amide bonds. The van der Waals surface area contributed by atoms with Gasteiger partial charge in [-0.2, -0.15) is 0 Å². The molecule has 2 heteroatoms. The molecule has 1 N–H and O–H groups in total. The Bertz CT molecular complexity index is 452. The van der Waals surface area contributed by atoms with E-state index in [4.69, 9.17) is 0 Å². The van der Waals surface area contributed by atoms with Crippen molar-refractivity contribution in [2.24, 2.45) is 11.3 Å². The zero-order valence-electron chi connectivity index (χ0n) is 9.44. The second-order valence-corrected chi connectivity index (χ2v) is 5.09. The van der Waals surface area contributed by atoms with Crippen molar-refractivity contribution in [2.45, 2.75) is 32.1 Å². The largest absolute Gasteiger partial charge is 0.481 e. The minimum Gasteiger partial charge on any atom is -0.481 e. The Hall–Kier alpha value is -1.31. The van der Waals surface area contributed by atoms with E-state index >= 15 is 0 Å². The highest BCUT2D eigenvalue weighted by atomic mass is 16.4. The van der Waals surface area contributed by atoms with E-state index in [1.165, 1.54) is 11.1 Å². The fourth-order valence-corrected chi connectivity index (χ4v) is 3.67. The number of hydrogen-bond acceptors (Lipinski definition) is 1. The summed E-state index contributed by atoms with van der Waals surface area (Å²) < 4.78 is 0. The third-order valence-corrected chi connectivity index (χ3v) is 4.38. The zero-order chi connectivity index (χ0) is 11.3. The molecule has 1 aromatic rings. The molecule has 1 saturated carbocycles. The monoisotopic (exact) mass is 216 g/mol. The molecule has 0 aliphatic heterocycles. The van der Waals surface area contributed by atoms with E-state index in [-0.39, 0.29) is 0 Å². The first kappa shape index (κ1) is 9.88. The Balaban J connectivity index is 2.00. The number of carboxylic acids is 1. The molecule has 1 fully saturated rings. The van der Waals surface area contributed by atoms with Crippen molar-refractivity contribution < 1.29 is 9.90 Å². The summed E-state index contributed by atoms with van der Waals surface area (Å²) in [4.78, 5) is 11.5. The lowest BCUT2D eigenvalue weighted by Gasteiger charge is -2.10. The van der Waals surface area contributed by atoms with Crippen molar-refractivity contribution >= 4 is 5.97 Å². The lowest BCUT2D eigenvalue weighted by atomic mass is 9.94. The second kappa shape index (κ2) is 3.09. The van der Waals surface area contributed by atoms with Crippen LogP contribution in [0.15, 0.2) is 24.3 Å². The molecular formula is C14H16O2. The van der Waals surface area contributed by atoms with Crippen molar-refractivity contribution in [3.8, 4) is 0 Å². The van der Waals surface area contributed by atoms with Crippen LogP contribution in [0.2, 0.25) is 0 Å². The smallest absolute Gasteiger partial charge is 0.310 e. The zero-order valence-corrected chi connectivity index (χ0v) is 9.44. The lowest BCUT2D eigenvalue weighted by Crippen LogP contribution is -2.19. The molecule has 0 spiro atoms. The van der Waals surface area contributed by atoms with E-state index in [2.05, 4.69) is 19.1 Å². The molecule has 0 saturated heterocycles. The van der Waals surface area contributed by atoms with Gasteiger partial charge in [-0.25, -0.2) is 0 Å². The number of aliphatic carboxylic acids is 1. The molecule has 84 valence electrons. The molecule has 2 aliphatic carbocycles. The Morgan fingerprint density at radius 3 is 2.94 bits per heavy atom. The normalized spacial score (nSPS) is 34.3. The Morgan fingerprint density at radius 1 is 1.50 bits per heavy atom. The summed E-state index contributed by atoms with van der Waals surface area (Å²) in [5.41, 5.74) is 2.10. The minimum atomic E-state index is -0.591. The predicted molar refractivity (Wildman–Crippen MR) is 61.4 cm³/mol. The van der Waals surface area contributed by atoms with Gasteiger partial charge < -0.3 is 5.11 Å². The molecule has 0 heterocycles. The van der Waals surface area contributed by atoms with E-state index in [0.717, 1.165) is 19.3 Å². The molecule has 0 bridgehead atoms. The lowest BCUT2D eigenvalue weighted by molar-refractivity contribution is -0.144. The fourth-order valence-electron chi connectivity index (χ4n) is 3.67. The fraction of sp³-hybridized carbons (Fsp3) is 0.500. The van der Waals surface area contributed by atoms with E-state index in [1.807, 2.05) is 12.1 Å². The second-order valence-electron chi connectivity index (χ2n) is 5.09. The van der Waals surface area contributed by atoms with Gasteiger partial charge in [0.15, 0.2) is 0 Å². The van der Waals surface area contributed by atoms with Gasteiger partial charge in [-0.1, -0.05) is 37.6 Å². The van der Waals surface area contributed by atoms with E-state index < -0.39 is 11.4 Å². The number of benzene rings is 1. The number of carbonyl (C=O) groups is 1. The molecule has 2 aliphatic rings. The van der Waals surface area contributed by atoms with Crippen molar-refractivity contribution in [1.29, 1.82) is 0 Å². The molecule has 2 nitrogen and oxygen atoms in total. The van der Waals surface area contributed by atoms with Gasteiger partial charge in [0.25, 0.3) is 0 Å². The number of carboxylic acid groups (broad SMARTS) is 1. The summed E-state index contributed by atoms with van der Waals surface area (Å²) in [5.74, 6) is 0.0817. The number of rotatable bonds is 3. The van der Waals surface area contributed by atoms with Crippen molar-refractivity contribution in [3.63, 3.8) is 0 Å². The quantitative estimate of drug-likeness (QED) is 0.843. The first-order valence-corrected chi connectivity index (χ1v) is 6.03. The highest BCUT2D eigenvalue weighted by Crippen LogP contribution is 2.72. The van der Waals surface area contributed by atoms with Crippen LogP contribution in [0.3, 0.4) is 0 Å². The van der Waals surface area contributed by atoms with Crippen LogP contribution in [-0.4, -0.2) is 11.1 Å². The SMILES string of the molecule is CCCC1C2c3ccccc3CC12C(=O)O. The van der Waals surface area contributed by atoms with E-state index in [9.17, 15) is 9.90 Å². The maximum Gasteiger partial charge on any atom is 0.310 e. The summed E-state index contributed by atoms with van der Waals surface area (Å²) in [6.07, 6.45) is 2.87. The maximum absolute atomic E-state index is 11.5. The first-order valence-electron chi connectivity index (χ1n) is 6.03. The third-order valence-electron chi connectivity index (χ3n) is 4.38. The average Bonchev–Trinajstić information content (AvgIpc) is 2.77. The summed E-state index contributed by atoms with van der Waals surface area (Å²) in [6.45, 7) is 2.13. The van der Waals surface area contributed by atoms with Gasteiger partial charge in [-0.15, -0.1) is 0 Å². The summed E-state index contributed by atoms with van der Waals surface area (Å²) in [7, 11) is 0. The topological polar surface area (TPSA) is 37.3 Å². The van der Waals surface area contributed by atoms with Crippen LogP contribution in [0.4, 0.5) is 0 Å². The first-order chi connectivity index (χ1) is 7.71. The molecule has 1 aromatic carbocycles. The van der Waals surface area contributed by atoms with Gasteiger partial charge in [0.05, 0.1) is 5.41 Å². The van der Waals surface area contributed by atoms with Crippen molar-refractivity contribution in [3.05, 3.63) is 35.4 Å². The Labute approximate surface area is 95.3 Å². The van der Waals surface area contributed by atoms with Gasteiger partial charge >= 0.3 is 5.97 Å². The molecule has 16 heavy (non-hydrogen) atoms. The number of fused-ring (bicyclic) bond motifs is 3. The van der Waals surface area contributed by atoms with E-state index in [0.29, 0.717) is 11.8 Å². The van der Waals surface area contributed by atoms with Crippen LogP contribution in [0.1, 0.15) is 36.8 Å². The van der Waals surface area contributed by atoms with Crippen LogP contribution in [0.5, 0.6) is 0 Å². The summed E-state index contributed by atoms with van der Waals surface area (Å²) in [6, 6.07) is 8.22. The molecule has 3 rings (SSSR count). The Morgan fingerprint density at radius 2 is 2.25 bits per heavy atom. The molecular weight excluding hydrogens is 200 g/mol. The molecule has 0 aromatic heterocycles. The maximum atomic E-state index is 11.5. The van der Waals surface area contributed by atoms with Gasteiger partial charge in [-0.3, -0.25) is 4.79 Å². The van der Waals surface area contributed by atoms with Crippen molar-refractivity contribution in [2.75, 3.05) is 0 Å². The van der Waals surface area contributed by atoms with E-state index in [1.54, 1.807) is 0 Å². The van der Waals surface area contributed by atoms with Gasteiger partial charge in [0.2, 0.25) is 0 Å². The van der Waals surface area contributed by atoms with Crippen LogP contribution in [0.25, 0.3) is 0 Å². The van der Waals surface area contributed by atoms with Crippen LogP contribution >= 0.6 is 0 Å².